The maximum Gasteiger partial charge on any atom is 0.305 e. The summed E-state index contributed by atoms with van der Waals surface area (Å²) in [5.41, 5.74) is 0.762. The largest absolute Gasteiger partial charge is 0.492 e. The molecule has 1 aromatic heterocycles. The fraction of sp³-hybridized carbons (Fsp3) is 0.750. The second kappa shape index (κ2) is 22.2. The molecule has 0 spiro atoms. The molecule has 1 aliphatic heterocycles. The summed E-state index contributed by atoms with van der Waals surface area (Å²) in [6.07, 6.45) is 0.863. The van der Waals surface area contributed by atoms with Gasteiger partial charge in [0, 0.05) is 44.7 Å². The number of ether oxygens (including phenoxy) is 6. The molecule has 0 saturated carbocycles. The third-order valence-corrected chi connectivity index (χ3v) is 6.19. The van der Waals surface area contributed by atoms with Gasteiger partial charge in [0.25, 0.3) is 0 Å². The van der Waals surface area contributed by atoms with Gasteiger partial charge >= 0.3 is 5.97 Å². The van der Waals surface area contributed by atoms with Crippen LogP contribution < -0.4 is 4.74 Å². The molecule has 1 fully saturated rings. The summed E-state index contributed by atoms with van der Waals surface area (Å²) in [6, 6.07) is 3.17. The molecule has 2 heterocycles. The molecule has 1 aliphatic rings. The van der Waals surface area contributed by atoms with Crippen molar-refractivity contribution in [2.75, 3.05) is 98.8 Å². The smallest absolute Gasteiger partial charge is 0.305 e. The normalized spacial score (nSPS) is 13.7. The summed E-state index contributed by atoms with van der Waals surface area (Å²) in [4.78, 5) is 32.6. The third-order valence-electron chi connectivity index (χ3n) is 6.19. The van der Waals surface area contributed by atoms with Crippen LogP contribution in [0.2, 0.25) is 0 Å². The molecule has 0 aliphatic carbocycles. The average Bonchev–Trinajstić information content (AvgIpc) is 2.99. The predicted molar refractivity (Wildman–Crippen MR) is 148 cm³/mol. The molecule has 0 radical (unpaired) electrons. The number of rotatable bonds is 23. The average molecular weight is 586 g/mol. The summed E-state index contributed by atoms with van der Waals surface area (Å²) >= 11 is 0. The van der Waals surface area contributed by atoms with E-state index in [1.165, 1.54) is 0 Å². The molecular weight excluding hydrogens is 538 g/mol. The Labute approximate surface area is 242 Å². The van der Waals surface area contributed by atoms with E-state index < -0.39 is 0 Å². The van der Waals surface area contributed by atoms with Crippen LogP contribution in [0.15, 0.2) is 12.1 Å². The van der Waals surface area contributed by atoms with Crippen molar-refractivity contribution in [3.63, 3.8) is 0 Å². The molecule has 1 saturated heterocycles. The van der Waals surface area contributed by atoms with Gasteiger partial charge in [0.15, 0.2) is 0 Å². The van der Waals surface area contributed by atoms with Crippen molar-refractivity contribution in [2.24, 2.45) is 0 Å². The zero-order valence-electron chi connectivity index (χ0n) is 24.3. The fourth-order valence-corrected chi connectivity index (χ4v) is 4.02. The lowest BCUT2D eigenvalue weighted by Gasteiger charge is -2.26. The van der Waals surface area contributed by atoms with E-state index in [9.17, 15) is 19.8 Å². The zero-order chi connectivity index (χ0) is 29.5. The Hall–Kier alpha value is -2.39. The number of aromatic nitrogens is 1. The van der Waals surface area contributed by atoms with E-state index in [1.54, 1.807) is 24.0 Å². The highest BCUT2D eigenvalue weighted by Gasteiger charge is 2.15. The molecule has 1 aromatic rings. The summed E-state index contributed by atoms with van der Waals surface area (Å²) < 4.78 is 32.8. The molecule has 0 aromatic carbocycles. The zero-order valence-corrected chi connectivity index (χ0v) is 24.3. The third kappa shape index (κ3) is 16.0. The van der Waals surface area contributed by atoms with Gasteiger partial charge < -0.3 is 43.5 Å². The molecular formula is C28H47N3O10. The Morgan fingerprint density at radius 3 is 2.17 bits per heavy atom. The number of hydrogen-bond donors (Lipinski definition) is 2. The Kier molecular flexibility index (Phi) is 18.9. The molecule has 0 atom stereocenters. The van der Waals surface area contributed by atoms with Crippen LogP contribution in [0, 0.1) is 0 Å². The topological polar surface area (TPSA) is 149 Å². The van der Waals surface area contributed by atoms with Crippen molar-refractivity contribution in [3.8, 4) is 5.75 Å². The molecule has 13 nitrogen and oxygen atoms in total. The van der Waals surface area contributed by atoms with Crippen LogP contribution >= 0.6 is 0 Å². The predicted octanol–water partition coefficient (Wildman–Crippen LogP) is 0.389. The summed E-state index contributed by atoms with van der Waals surface area (Å²) in [6.45, 7) is 9.41. The van der Waals surface area contributed by atoms with Gasteiger partial charge in [-0.15, -0.1) is 0 Å². The number of hydrogen-bond acceptors (Lipinski definition) is 12. The maximum atomic E-state index is 12.9. The monoisotopic (exact) mass is 585 g/mol. The van der Waals surface area contributed by atoms with Crippen LogP contribution in [0.1, 0.15) is 37.6 Å². The van der Waals surface area contributed by atoms with Gasteiger partial charge in [0.1, 0.15) is 12.4 Å². The summed E-state index contributed by atoms with van der Waals surface area (Å²) in [5.74, 6) is 0.0264. The number of aliphatic hydroxyl groups is 2. The minimum absolute atomic E-state index is 0.117. The van der Waals surface area contributed by atoms with Crippen LogP contribution in [0.25, 0.3) is 0 Å². The number of aliphatic hydroxyl groups excluding tert-OH is 2. The standard InChI is InChI=1S/C28H47N3O10/c1-2-40-28(35)4-3-6-31(10-15-41-26-20-24(22-32)29-25(21-26)23-33)27(34)5-11-36-16-18-39-19-17-38-14-9-30-7-12-37-13-8-30/h20-21,32-33H,2-19,22-23H2,1H3. The lowest BCUT2D eigenvalue weighted by molar-refractivity contribution is -0.144. The van der Waals surface area contributed by atoms with Crippen molar-refractivity contribution < 1.29 is 48.2 Å². The summed E-state index contributed by atoms with van der Waals surface area (Å²) in [7, 11) is 0. The van der Waals surface area contributed by atoms with Crippen LogP contribution in [0.3, 0.4) is 0 Å². The Morgan fingerprint density at radius 1 is 0.902 bits per heavy atom. The van der Waals surface area contributed by atoms with Crippen LogP contribution in [0.5, 0.6) is 5.75 Å². The number of amides is 1. The molecule has 13 heteroatoms. The summed E-state index contributed by atoms with van der Waals surface area (Å²) in [5, 5.41) is 18.7. The first-order chi connectivity index (χ1) is 20.0. The highest BCUT2D eigenvalue weighted by Crippen LogP contribution is 2.15. The molecule has 0 unspecified atom stereocenters. The number of esters is 1. The van der Waals surface area contributed by atoms with Gasteiger partial charge in [-0.25, -0.2) is 0 Å². The van der Waals surface area contributed by atoms with E-state index in [4.69, 9.17) is 28.4 Å². The number of carbonyl (C=O) groups is 2. The van der Waals surface area contributed by atoms with Crippen molar-refractivity contribution in [1.29, 1.82) is 0 Å². The number of pyridine rings is 1. The quantitative estimate of drug-likeness (QED) is 0.135. The van der Waals surface area contributed by atoms with Crippen LogP contribution in [-0.2, 0) is 46.5 Å². The second-order valence-corrected chi connectivity index (χ2v) is 9.28. The Balaban J connectivity index is 1.63. The van der Waals surface area contributed by atoms with Gasteiger partial charge in [0.05, 0.1) is 97.0 Å². The van der Waals surface area contributed by atoms with Gasteiger partial charge in [-0.2, -0.15) is 0 Å². The first-order valence-electron chi connectivity index (χ1n) is 14.4. The SMILES string of the molecule is CCOC(=O)CCCN(CCOc1cc(CO)nc(CO)c1)C(=O)CCOCCOCCOCCN1CCOCC1. The van der Waals surface area contributed by atoms with E-state index in [0.29, 0.717) is 76.3 Å². The van der Waals surface area contributed by atoms with Gasteiger partial charge in [-0.3, -0.25) is 19.5 Å². The molecule has 0 bridgehead atoms. The molecule has 2 rings (SSSR count). The second-order valence-electron chi connectivity index (χ2n) is 9.28. The number of carbonyl (C=O) groups excluding carboxylic acids is 2. The molecule has 2 N–H and O–H groups in total. The Bertz CT molecular complexity index is 832. The fourth-order valence-electron chi connectivity index (χ4n) is 4.02. The lowest BCUT2D eigenvalue weighted by Crippen LogP contribution is -2.38. The highest BCUT2D eigenvalue weighted by atomic mass is 16.5. The van der Waals surface area contributed by atoms with Crippen molar-refractivity contribution >= 4 is 11.9 Å². The van der Waals surface area contributed by atoms with E-state index in [2.05, 4.69) is 9.88 Å². The van der Waals surface area contributed by atoms with Crippen molar-refractivity contribution in [3.05, 3.63) is 23.5 Å². The van der Waals surface area contributed by atoms with Crippen LogP contribution in [0.4, 0.5) is 0 Å². The van der Waals surface area contributed by atoms with Crippen molar-refractivity contribution in [2.45, 2.75) is 39.4 Å². The van der Waals surface area contributed by atoms with Crippen LogP contribution in [-0.4, -0.2) is 136 Å². The minimum atomic E-state index is -0.299. The Morgan fingerprint density at radius 2 is 1.54 bits per heavy atom. The maximum absolute atomic E-state index is 12.9. The first kappa shape index (κ1) is 34.8. The van der Waals surface area contributed by atoms with E-state index in [0.717, 1.165) is 32.8 Å². The number of morpholine rings is 1. The number of nitrogens with zero attached hydrogens (tertiary/aromatic N) is 3. The van der Waals surface area contributed by atoms with Crippen molar-refractivity contribution in [1.82, 2.24) is 14.8 Å². The van der Waals surface area contributed by atoms with Gasteiger partial charge in [0.2, 0.25) is 5.91 Å². The molecule has 41 heavy (non-hydrogen) atoms. The van der Waals surface area contributed by atoms with Gasteiger partial charge in [-0.1, -0.05) is 0 Å². The molecule has 1 amide bonds. The van der Waals surface area contributed by atoms with E-state index in [1.807, 2.05) is 0 Å². The minimum Gasteiger partial charge on any atom is -0.492 e. The lowest BCUT2D eigenvalue weighted by atomic mass is 10.2. The van der Waals surface area contributed by atoms with Gasteiger partial charge in [-0.05, 0) is 13.3 Å². The molecule has 234 valence electrons. The van der Waals surface area contributed by atoms with E-state index >= 15 is 0 Å². The highest BCUT2D eigenvalue weighted by molar-refractivity contribution is 5.76. The van der Waals surface area contributed by atoms with E-state index in [-0.39, 0.29) is 51.1 Å². The first-order valence-corrected chi connectivity index (χ1v) is 14.4.